The Morgan fingerprint density at radius 1 is 1.44 bits per heavy atom. The van der Waals surface area contributed by atoms with Crippen molar-refractivity contribution in [2.75, 3.05) is 13.6 Å². The Labute approximate surface area is 101 Å². The summed E-state index contributed by atoms with van der Waals surface area (Å²) in [7, 11) is 2.06. The molecule has 0 spiro atoms. The monoisotopic (exact) mass is 236 g/mol. The molecule has 88 valence electrons. The minimum atomic E-state index is 0.457. The molecule has 3 rings (SSSR count). The molecule has 0 aliphatic heterocycles. The van der Waals surface area contributed by atoms with Crippen LogP contribution < -0.4 is 5.32 Å². The Morgan fingerprint density at radius 3 is 2.69 bits per heavy atom. The predicted octanol–water partition coefficient (Wildman–Crippen LogP) is 2.97. The van der Waals surface area contributed by atoms with Gasteiger partial charge in [0.25, 0.3) is 0 Å². The third-order valence-electron chi connectivity index (χ3n) is 4.12. The van der Waals surface area contributed by atoms with Gasteiger partial charge in [0.05, 0.1) is 10.7 Å². The van der Waals surface area contributed by atoms with Gasteiger partial charge >= 0.3 is 0 Å². The van der Waals surface area contributed by atoms with Crippen molar-refractivity contribution in [1.82, 2.24) is 10.3 Å². The molecule has 2 aliphatic rings. The molecule has 16 heavy (non-hydrogen) atoms. The van der Waals surface area contributed by atoms with Gasteiger partial charge in [0.2, 0.25) is 0 Å². The zero-order valence-electron chi connectivity index (χ0n) is 10.2. The molecule has 0 aromatic carbocycles. The van der Waals surface area contributed by atoms with Crippen molar-refractivity contribution in [3.05, 3.63) is 15.6 Å². The standard InChI is InChI=1S/C13H20N2S/c1-9-11(13(6-7-13)8-14-2)16-12(15-9)10-4-3-5-10/h10,14H,3-8H2,1-2H3. The van der Waals surface area contributed by atoms with Gasteiger partial charge in [-0.3, -0.25) is 0 Å². The lowest BCUT2D eigenvalue weighted by molar-refractivity contribution is 0.418. The van der Waals surface area contributed by atoms with Crippen molar-refractivity contribution >= 4 is 11.3 Å². The highest BCUT2D eigenvalue weighted by molar-refractivity contribution is 7.12. The number of thiazole rings is 1. The lowest BCUT2D eigenvalue weighted by atomic mass is 9.86. The van der Waals surface area contributed by atoms with Gasteiger partial charge in [-0.25, -0.2) is 4.98 Å². The fraction of sp³-hybridized carbons (Fsp3) is 0.769. The number of likely N-dealkylation sites (N-methyl/N-ethyl adjacent to an activating group) is 1. The van der Waals surface area contributed by atoms with Crippen LogP contribution in [0, 0.1) is 6.92 Å². The second-order valence-corrected chi connectivity index (χ2v) is 6.44. The van der Waals surface area contributed by atoms with E-state index in [0.717, 1.165) is 12.5 Å². The van der Waals surface area contributed by atoms with Crippen LogP contribution >= 0.6 is 11.3 Å². The van der Waals surface area contributed by atoms with Crippen molar-refractivity contribution in [3.63, 3.8) is 0 Å². The highest BCUT2D eigenvalue weighted by Gasteiger charge is 2.46. The molecule has 2 saturated carbocycles. The third kappa shape index (κ3) is 1.61. The highest BCUT2D eigenvalue weighted by atomic mass is 32.1. The molecule has 0 amide bonds. The third-order valence-corrected chi connectivity index (χ3v) is 5.68. The minimum Gasteiger partial charge on any atom is -0.319 e. The number of hydrogen-bond acceptors (Lipinski definition) is 3. The number of nitrogens with zero attached hydrogens (tertiary/aromatic N) is 1. The van der Waals surface area contributed by atoms with Gasteiger partial charge in [-0.2, -0.15) is 0 Å². The number of aromatic nitrogens is 1. The summed E-state index contributed by atoms with van der Waals surface area (Å²) in [6, 6.07) is 0. The molecule has 0 saturated heterocycles. The minimum absolute atomic E-state index is 0.457. The van der Waals surface area contributed by atoms with Gasteiger partial charge in [-0.1, -0.05) is 6.42 Å². The van der Waals surface area contributed by atoms with Crippen LogP contribution in [-0.4, -0.2) is 18.6 Å². The van der Waals surface area contributed by atoms with Crippen LogP contribution in [0.1, 0.15) is 53.6 Å². The van der Waals surface area contributed by atoms with Gasteiger partial charge in [-0.15, -0.1) is 11.3 Å². The Hall–Kier alpha value is -0.410. The van der Waals surface area contributed by atoms with Crippen LogP contribution in [-0.2, 0) is 5.41 Å². The molecule has 0 atom stereocenters. The normalized spacial score (nSPS) is 23.1. The first kappa shape index (κ1) is 10.7. The molecule has 2 aliphatic carbocycles. The number of hydrogen-bond donors (Lipinski definition) is 1. The largest absolute Gasteiger partial charge is 0.319 e. The zero-order chi connectivity index (χ0) is 11.2. The molecule has 2 fully saturated rings. The quantitative estimate of drug-likeness (QED) is 0.869. The summed E-state index contributed by atoms with van der Waals surface area (Å²) < 4.78 is 0. The van der Waals surface area contributed by atoms with Gasteiger partial charge in [-0.05, 0) is 39.7 Å². The van der Waals surface area contributed by atoms with Crippen molar-refractivity contribution < 1.29 is 0 Å². The molecule has 1 aromatic rings. The summed E-state index contributed by atoms with van der Waals surface area (Å²) in [5.74, 6) is 0.794. The van der Waals surface area contributed by atoms with E-state index >= 15 is 0 Å². The predicted molar refractivity (Wildman–Crippen MR) is 68.3 cm³/mol. The van der Waals surface area contributed by atoms with E-state index in [1.165, 1.54) is 42.8 Å². The molecule has 1 heterocycles. The lowest BCUT2D eigenvalue weighted by Gasteiger charge is -2.22. The molecule has 0 radical (unpaired) electrons. The molecular weight excluding hydrogens is 216 g/mol. The van der Waals surface area contributed by atoms with E-state index in [-0.39, 0.29) is 0 Å². The van der Waals surface area contributed by atoms with Crippen LogP contribution in [0.15, 0.2) is 0 Å². The molecule has 0 bridgehead atoms. The zero-order valence-corrected chi connectivity index (χ0v) is 11.0. The first-order valence-electron chi connectivity index (χ1n) is 6.37. The maximum atomic E-state index is 4.81. The maximum Gasteiger partial charge on any atom is 0.0962 e. The van der Waals surface area contributed by atoms with E-state index < -0.39 is 0 Å². The topological polar surface area (TPSA) is 24.9 Å². The van der Waals surface area contributed by atoms with E-state index in [4.69, 9.17) is 4.98 Å². The summed E-state index contributed by atoms with van der Waals surface area (Å²) in [4.78, 5) is 6.38. The Morgan fingerprint density at radius 2 is 2.19 bits per heavy atom. The van der Waals surface area contributed by atoms with Crippen molar-refractivity contribution in [2.24, 2.45) is 0 Å². The Balaban J connectivity index is 1.86. The van der Waals surface area contributed by atoms with Crippen LogP contribution in [0.3, 0.4) is 0 Å². The number of aryl methyl sites for hydroxylation is 1. The smallest absolute Gasteiger partial charge is 0.0962 e. The van der Waals surface area contributed by atoms with Gasteiger partial charge in [0.15, 0.2) is 0 Å². The first-order chi connectivity index (χ1) is 7.75. The van der Waals surface area contributed by atoms with E-state index in [1.54, 1.807) is 4.88 Å². The van der Waals surface area contributed by atoms with E-state index in [9.17, 15) is 0 Å². The van der Waals surface area contributed by atoms with E-state index in [0.29, 0.717) is 5.41 Å². The van der Waals surface area contributed by atoms with Gasteiger partial charge in [0.1, 0.15) is 0 Å². The lowest BCUT2D eigenvalue weighted by Crippen LogP contribution is -2.23. The summed E-state index contributed by atoms with van der Waals surface area (Å²) in [5.41, 5.74) is 1.76. The van der Waals surface area contributed by atoms with Gasteiger partial charge < -0.3 is 5.32 Å². The summed E-state index contributed by atoms with van der Waals surface area (Å²) in [5, 5.41) is 4.76. The van der Waals surface area contributed by atoms with Crippen molar-refractivity contribution in [1.29, 1.82) is 0 Å². The number of nitrogens with one attached hydrogen (secondary N) is 1. The second kappa shape index (κ2) is 3.81. The van der Waals surface area contributed by atoms with E-state index in [2.05, 4.69) is 19.3 Å². The van der Waals surface area contributed by atoms with Crippen LogP contribution in [0.4, 0.5) is 0 Å². The van der Waals surface area contributed by atoms with E-state index in [1.807, 2.05) is 11.3 Å². The summed E-state index contributed by atoms with van der Waals surface area (Å²) >= 11 is 2.00. The summed E-state index contributed by atoms with van der Waals surface area (Å²) in [6.07, 6.45) is 6.83. The molecule has 1 aromatic heterocycles. The fourth-order valence-corrected chi connectivity index (χ4v) is 4.19. The molecule has 1 N–H and O–H groups in total. The molecule has 2 nitrogen and oxygen atoms in total. The second-order valence-electron chi connectivity index (χ2n) is 5.41. The fourth-order valence-electron chi connectivity index (χ4n) is 2.71. The molecular formula is C13H20N2S. The van der Waals surface area contributed by atoms with Crippen LogP contribution in [0.2, 0.25) is 0 Å². The Kier molecular flexibility index (Phi) is 2.55. The molecule has 3 heteroatoms. The average molecular weight is 236 g/mol. The van der Waals surface area contributed by atoms with Crippen LogP contribution in [0.25, 0.3) is 0 Å². The number of rotatable bonds is 4. The Bertz CT molecular complexity index is 389. The molecule has 0 unspecified atom stereocenters. The van der Waals surface area contributed by atoms with Gasteiger partial charge in [0, 0.05) is 22.8 Å². The summed E-state index contributed by atoms with van der Waals surface area (Å²) in [6.45, 7) is 3.32. The van der Waals surface area contributed by atoms with Crippen LogP contribution in [0.5, 0.6) is 0 Å². The first-order valence-corrected chi connectivity index (χ1v) is 7.19. The van der Waals surface area contributed by atoms with Crippen molar-refractivity contribution in [3.8, 4) is 0 Å². The maximum absolute atomic E-state index is 4.81. The highest BCUT2D eigenvalue weighted by Crippen LogP contribution is 2.52. The van der Waals surface area contributed by atoms with Crippen molar-refractivity contribution in [2.45, 2.75) is 50.4 Å². The average Bonchev–Trinajstić information content (AvgIpc) is 2.83. The SMILES string of the molecule is CNCC1(c2sc(C3CCC3)nc2C)CC1.